The molecule has 0 radical (unpaired) electrons. The Morgan fingerprint density at radius 1 is 1.39 bits per heavy atom. The van der Waals surface area contributed by atoms with Gasteiger partial charge in [-0.2, -0.15) is 0 Å². The Balaban J connectivity index is 2.33. The maximum absolute atomic E-state index is 5.34. The van der Waals surface area contributed by atoms with Crippen LogP contribution in [0.1, 0.15) is 44.8 Å². The summed E-state index contributed by atoms with van der Waals surface area (Å²) in [5.74, 6) is 1.22. The number of hydrogen-bond donors (Lipinski definition) is 1. The van der Waals surface area contributed by atoms with Crippen LogP contribution in [-0.4, -0.2) is 24.1 Å². The van der Waals surface area contributed by atoms with Crippen LogP contribution in [0.15, 0.2) is 12.4 Å². The topological polar surface area (TPSA) is 47.0 Å². The second-order valence-electron chi connectivity index (χ2n) is 5.70. The molecule has 0 saturated heterocycles. The van der Waals surface area contributed by atoms with Crippen LogP contribution in [-0.2, 0) is 0 Å². The molecule has 1 saturated carbocycles. The van der Waals surface area contributed by atoms with Crippen molar-refractivity contribution >= 4 is 0 Å². The highest BCUT2D eigenvalue weighted by Gasteiger charge is 2.41. The van der Waals surface area contributed by atoms with E-state index >= 15 is 0 Å². The lowest BCUT2D eigenvalue weighted by atomic mass is 9.76. The quantitative estimate of drug-likeness (QED) is 0.891. The normalized spacial score (nSPS) is 23.9. The highest BCUT2D eigenvalue weighted by atomic mass is 16.5. The van der Waals surface area contributed by atoms with E-state index in [1.165, 1.54) is 19.3 Å². The summed E-state index contributed by atoms with van der Waals surface area (Å²) >= 11 is 0. The van der Waals surface area contributed by atoms with Gasteiger partial charge in [-0.05, 0) is 31.2 Å². The lowest BCUT2D eigenvalue weighted by Gasteiger charge is -2.33. The lowest BCUT2D eigenvalue weighted by Crippen LogP contribution is -2.33. The van der Waals surface area contributed by atoms with Crippen LogP contribution in [0, 0.1) is 11.3 Å². The molecule has 1 aromatic heterocycles. The van der Waals surface area contributed by atoms with Gasteiger partial charge in [0.25, 0.3) is 0 Å². The number of nitrogens with zero attached hydrogens (tertiary/aromatic N) is 2. The summed E-state index contributed by atoms with van der Waals surface area (Å²) in [6, 6.07) is 0.214. The Bertz CT molecular complexity index is 406. The van der Waals surface area contributed by atoms with Crippen molar-refractivity contribution in [1.82, 2.24) is 15.3 Å². The third-order valence-electron chi connectivity index (χ3n) is 4.23. The third-order valence-corrected chi connectivity index (χ3v) is 4.23. The smallest absolute Gasteiger partial charge is 0.237 e. The first-order chi connectivity index (χ1) is 8.60. The lowest BCUT2D eigenvalue weighted by molar-refractivity contribution is 0.197. The van der Waals surface area contributed by atoms with E-state index in [-0.39, 0.29) is 6.04 Å². The number of aromatic nitrogens is 2. The molecule has 1 aliphatic rings. The van der Waals surface area contributed by atoms with E-state index in [2.05, 4.69) is 29.1 Å². The van der Waals surface area contributed by atoms with Crippen molar-refractivity contribution in [3.63, 3.8) is 0 Å². The Morgan fingerprint density at radius 3 is 2.67 bits per heavy atom. The van der Waals surface area contributed by atoms with Crippen LogP contribution in [0.5, 0.6) is 5.88 Å². The molecular formula is C14H23N3O. The number of hydrogen-bond acceptors (Lipinski definition) is 4. The second-order valence-corrected chi connectivity index (χ2v) is 5.70. The van der Waals surface area contributed by atoms with E-state index < -0.39 is 0 Å². The third kappa shape index (κ3) is 2.34. The predicted octanol–water partition coefficient (Wildman–Crippen LogP) is 2.57. The van der Waals surface area contributed by atoms with Crippen molar-refractivity contribution in [1.29, 1.82) is 0 Å². The number of ether oxygens (including phenoxy) is 1. The van der Waals surface area contributed by atoms with Crippen molar-refractivity contribution < 1.29 is 4.74 Å². The first-order valence-electron chi connectivity index (χ1n) is 6.62. The summed E-state index contributed by atoms with van der Waals surface area (Å²) in [6.45, 7) is 4.69. The van der Waals surface area contributed by atoms with Gasteiger partial charge in [0.2, 0.25) is 5.88 Å². The zero-order chi connectivity index (χ0) is 13.2. The van der Waals surface area contributed by atoms with Crippen LogP contribution in [0.4, 0.5) is 0 Å². The van der Waals surface area contributed by atoms with Gasteiger partial charge in [0.1, 0.15) is 5.69 Å². The summed E-state index contributed by atoms with van der Waals surface area (Å²) in [5, 5.41) is 3.41. The van der Waals surface area contributed by atoms with Crippen LogP contribution < -0.4 is 10.1 Å². The second kappa shape index (κ2) is 5.22. The van der Waals surface area contributed by atoms with E-state index in [0.29, 0.717) is 17.2 Å². The molecule has 0 aliphatic heterocycles. The van der Waals surface area contributed by atoms with E-state index in [1.54, 1.807) is 19.5 Å². The molecule has 2 unspecified atom stereocenters. The summed E-state index contributed by atoms with van der Waals surface area (Å²) < 4.78 is 5.34. The van der Waals surface area contributed by atoms with Crippen molar-refractivity contribution in [2.75, 3.05) is 14.2 Å². The monoisotopic (exact) mass is 249 g/mol. The fraction of sp³-hybridized carbons (Fsp3) is 0.714. The van der Waals surface area contributed by atoms with E-state index in [9.17, 15) is 0 Å². The molecule has 0 amide bonds. The average molecular weight is 249 g/mol. The highest BCUT2D eigenvalue weighted by molar-refractivity contribution is 5.23. The maximum Gasteiger partial charge on any atom is 0.237 e. The maximum atomic E-state index is 5.34. The molecule has 4 heteroatoms. The van der Waals surface area contributed by atoms with Gasteiger partial charge in [-0.3, -0.25) is 4.98 Å². The molecule has 1 heterocycles. The molecule has 4 nitrogen and oxygen atoms in total. The Morgan fingerprint density at radius 2 is 2.11 bits per heavy atom. The molecule has 2 atom stereocenters. The average Bonchev–Trinajstić information content (AvgIpc) is 2.71. The summed E-state index contributed by atoms with van der Waals surface area (Å²) in [5.41, 5.74) is 1.28. The molecule has 1 fully saturated rings. The fourth-order valence-electron chi connectivity index (χ4n) is 3.21. The number of rotatable bonds is 4. The van der Waals surface area contributed by atoms with Crippen molar-refractivity contribution in [2.24, 2.45) is 11.3 Å². The molecular weight excluding hydrogens is 226 g/mol. The zero-order valence-electron chi connectivity index (χ0n) is 11.7. The molecule has 0 bridgehead atoms. The van der Waals surface area contributed by atoms with Crippen LogP contribution in [0.3, 0.4) is 0 Å². The van der Waals surface area contributed by atoms with Gasteiger partial charge in [-0.1, -0.05) is 20.3 Å². The van der Waals surface area contributed by atoms with Gasteiger partial charge in [0.15, 0.2) is 0 Å². The Labute approximate surface area is 109 Å². The standard InChI is InChI=1S/C14H23N3O/c1-14(2)7-5-6-10(14)11(15-3)12-13(18-4)17-9-8-16-12/h8-11,15H,5-7H2,1-4H3. The molecule has 18 heavy (non-hydrogen) atoms. The van der Waals surface area contributed by atoms with Gasteiger partial charge in [0.05, 0.1) is 13.2 Å². The first-order valence-corrected chi connectivity index (χ1v) is 6.62. The van der Waals surface area contributed by atoms with Gasteiger partial charge >= 0.3 is 0 Å². The van der Waals surface area contributed by atoms with Gasteiger partial charge < -0.3 is 10.1 Å². The van der Waals surface area contributed by atoms with Gasteiger partial charge in [-0.15, -0.1) is 0 Å². The van der Waals surface area contributed by atoms with Crippen LogP contribution in [0.2, 0.25) is 0 Å². The zero-order valence-corrected chi connectivity index (χ0v) is 11.7. The molecule has 0 spiro atoms. The molecule has 2 rings (SSSR count). The molecule has 1 aromatic rings. The SMILES string of the molecule is CNC(c1nccnc1OC)C1CCCC1(C)C. The van der Waals surface area contributed by atoms with E-state index in [1.807, 2.05) is 7.05 Å². The minimum Gasteiger partial charge on any atom is -0.480 e. The Kier molecular flexibility index (Phi) is 3.85. The summed E-state index contributed by atoms with van der Waals surface area (Å²) in [4.78, 5) is 8.74. The summed E-state index contributed by atoms with van der Waals surface area (Å²) in [6.07, 6.45) is 7.22. The number of methoxy groups -OCH3 is 1. The van der Waals surface area contributed by atoms with Crippen molar-refractivity contribution in [2.45, 2.75) is 39.2 Å². The Hall–Kier alpha value is -1.16. The number of nitrogens with one attached hydrogen (secondary N) is 1. The highest BCUT2D eigenvalue weighted by Crippen LogP contribution is 2.49. The van der Waals surface area contributed by atoms with Crippen LogP contribution >= 0.6 is 0 Å². The molecule has 1 aliphatic carbocycles. The van der Waals surface area contributed by atoms with Gasteiger partial charge in [-0.25, -0.2) is 4.98 Å². The molecule has 100 valence electrons. The minimum absolute atomic E-state index is 0.214. The largest absolute Gasteiger partial charge is 0.480 e. The summed E-state index contributed by atoms with van der Waals surface area (Å²) in [7, 11) is 3.65. The molecule has 1 N–H and O–H groups in total. The van der Waals surface area contributed by atoms with Crippen molar-refractivity contribution in [3.05, 3.63) is 18.1 Å². The molecule has 0 aromatic carbocycles. The predicted molar refractivity (Wildman–Crippen MR) is 71.5 cm³/mol. The fourth-order valence-corrected chi connectivity index (χ4v) is 3.21. The van der Waals surface area contributed by atoms with E-state index in [4.69, 9.17) is 4.74 Å². The van der Waals surface area contributed by atoms with Gasteiger partial charge in [0, 0.05) is 12.4 Å². The van der Waals surface area contributed by atoms with E-state index in [0.717, 1.165) is 5.69 Å². The van der Waals surface area contributed by atoms with Crippen molar-refractivity contribution in [3.8, 4) is 5.88 Å². The first kappa shape index (κ1) is 13.3. The van der Waals surface area contributed by atoms with Crippen LogP contribution in [0.25, 0.3) is 0 Å². The minimum atomic E-state index is 0.214.